The number of nitrogens with zero attached hydrogens (tertiary/aromatic N) is 1. The van der Waals surface area contributed by atoms with Crippen LogP contribution >= 0.6 is 11.6 Å². The monoisotopic (exact) mass is 509 g/mol. The van der Waals surface area contributed by atoms with Crippen LogP contribution < -0.4 is 16.0 Å². The molecule has 1 saturated carbocycles. The summed E-state index contributed by atoms with van der Waals surface area (Å²) < 4.78 is 32.7. The van der Waals surface area contributed by atoms with Crippen LogP contribution in [0.4, 0.5) is 14.5 Å². The van der Waals surface area contributed by atoms with Gasteiger partial charge >= 0.3 is 0 Å². The van der Waals surface area contributed by atoms with Crippen molar-refractivity contribution in [3.8, 4) is 0 Å². The summed E-state index contributed by atoms with van der Waals surface area (Å²) in [6.45, 7) is 1.04. The van der Waals surface area contributed by atoms with E-state index in [4.69, 9.17) is 16.3 Å². The van der Waals surface area contributed by atoms with Crippen LogP contribution in [0.1, 0.15) is 59.5 Å². The maximum absolute atomic E-state index is 14.0. The fourth-order valence-electron chi connectivity index (χ4n) is 4.38. The molecule has 0 bridgehead atoms. The van der Waals surface area contributed by atoms with Gasteiger partial charge in [0.1, 0.15) is 11.5 Å². The quantitative estimate of drug-likeness (QED) is 0.456. The summed E-state index contributed by atoms with van der Waals surface area (Å²) in [5.74, 6) is -3.52. The molecular formula is C23H26ClF2N5O4. The van der Waals surface area contributed by atoms with Gasteiger partial charge in [0.2, 0.25) is 5.91 Å². The predicted octanol–water partition coefficient (Wildman–Crippen LogP) is 3.18. The fourth-order valence-corrected chi connectivity index (χ4v) is 4.62. The molecule has 1 aliphatic carbocycles. The second-order valence-electron chi connectivity index (χ2n) is 8.73. The number of rotatable bonds is 7. The second-order valence-corrected chi connectivity index (χ2v) is 9.13. The lowest BCUT2D eigenvalue weighted by Crippen LogP contribution is -2.40. The van der Waals surface area contributed by atoms with Gasteiger partial charge in [0.15, 0.2) is 11.5 Å². The van der Waals surface area contributed by atoms with Gasteiger partial charge in [-0.25, -0.2) is 13.8 Å². The van der Waals surface area contributed by atoms with Gasteiger partial charge in [0.25, 0.3) is 11.8 Å². The van der Waals surface area contributed by atoms with Crippen LogP contribution in [-0.4, -0.2) is 53.0 Å². The number of nitrogens with one attached hydrogen (secondary N) is 4. The van der Waals surface area contributed by atoms with E-state index in [1.165, 1.54) is 6.33 Å². The topological polar surface area (TPSA) is 125 Å². The van der Waals surface area contributed by atoms with Crippen LogP contribution in [0.15, 0.2) is 18.5 Å². The fraction of sp³-hybridized carbons (Fsp3) is 0.478. The number of ether oxygens (including phenoxy) is 1. The number of imidazole rings is 1. The van der Waals surface area contributed by atoms with Gasteiger partial charge in [-0.3, -0.25) is 14.4 Å². The number of carbonyl (C=O) groups is 3. The van der Waals surface area contributed by atoms with Crippen molar-refractivity contribution in [2.45, 2.75) is 50.7 Å². The Morgan fingerprint density at radius 2 is 1.89 bits per heavy atom. The largest absolute Gasteiger partial charge is 0.376 e. The van der Waals surface area contributed by atoms with Gasteiger partial charge in [-0.15, -0.1) is 0 Å². The average molecular weight is 510 g/mol. The molecule has 4 N–H and O–H groups in total. The average Bonchev–Trinajstić information content (AvgIpc) is 3.52. The number of benzene rings is 1. The summed E-state index contributed by atoms with van der Waals surface area (Å²) in [6.07, 6.45) is 5.02. The Balaban J connectivity index is 1.27. The first-order chi connectivity index (χ1) is 16.8. The first-order valence-corrected chi connectivity index (χ1v) is 11.9. The number of hydrogen-bond donors (Lipinski definition) is 4. The third-order valence-electron chi connectivity index (χ3n) is 6.28. The van der Waals surface area contributed by atoms with Crippen molar-refractivity contribution < 1.29 is 27.9 Å². The highest BCUT2D eigenvalue weighted by atomic mass is 35.5. The van der Waals surface area contributed by atoms with Crippen molar-refractivity contribution in [2.24, 2.45) is 5.92 Å². The number of aromatic nitrogens is 2. The Labute approximate surface area is 205 Å². The standard InChI is InChI=1S/C23H26ClF2N5O4/c24-16-8-13(25)9-17(26)18(16)31-21(32)12-3-5-14(6-4-12)30-23(34)20-19(28-11-29-20)22(33)27-10-15-2-1-7-35-15/h8-9,11-12,14-15H,1-7,10H2,(H,27,33)(H,28,29)(H,30,34)(H,31,32). The Kier molecular flexibility index (Phi) is 7.97. The normalized spacial score (nSPS) is 22.0. The van der Waals surface area contributed by atoms with E-state index in [0.717, 1.165) is 18.9 Å². The molecule has 188 valence electrons. The summed E-state index contributed by atoms with van der Waals surface area (Å²) in [6, 6.07) is 1.37. The molecule has 0 radical (unpaired) electrons. The third kappa shape index (κ3) is 6.15. The number of hydrogen-bond acceptors (Lipinski definition) is 5. The third-order valence-corrected chi connectivity index (χ3v) is 6.58. The van der Waals surface area contributed by atoms with E-state index in [1.807, 2.05) is 0 Å². The Morgan fingerprint density at radius 1 is 1.11 bits per heavy atom. The summed E-state index contributed by atoms with van der Waals surface area (Å²) in [5.41, 5.74) is -0.180. The molecule has 9 nitrogen and oxygen atoms in total. The van der Waals surface area contributed by atoms with Gasteiger partial charge in [-0.2, -0.15) is 0 Å². The van der Waals surface area contributed by atoms with Crippen molar-refractivity contribution in [3.05, 3.63) is 46.5 Å². The van der Waals surface area contributed by atoms with Crippen LogP contribution in [-0.2, 0) is 9.53 Å². The van der Waals surface area contributed by atoms with Gasteiger partial charge in [-0.05, 0) is 44.6 Å². The molecule has 1 saturated heterocycles. The maximum Gasteiger partial charge on any atom is 0.272 e. The predicted molar refractivity (Wildman–Crippen MR) is 123 cm³/mol. The lowest BCUT2D eigenvalue weighted by atomic mass is 9.85. The molecule has 0 spiro atoms. The molecule has 35 heavy (non-hydrogen) atoms. The highest BCUT2D eigenvalue weighted by Gasteiger charge is 2.30. The van der Waals surface area contributed by atoms with E-state index in [-0.39, 0.29) is 34.2 Å². The Hall–Kier alpha value is -3.05. The van der Waals surface area contributed by atoms with E-state index in [1.54, 1.807) is 0 Å². The molecule has 1 unspecified atom stereocenters. The van der Waals surface area contributed by atoms with Crippen molar-refractivity contribution in [2.75, 3.05) is 18.5 Å². The number of carbonyl (C=O) groups excluding carboxylic acids is 3. The SMILES string of the molecule is O=C(NC1CCC(C(=O)Nc2c(F)cc(F)cc2Cl)CC1)c1nc[nH]c1C(=O)NCC1CCCO1. The lowest BCUT2D eigenvalue weighted by Gasteiger charge is -2.28. The maximum atomic E-state index is 14.0. The highest BCUT2D eigenvalue weighted by Crippen LogP contribution is 2.30. The summed E-state index contributed by atoms with van der Waals surface area (Å²) in [4.78, 5) is 44.5. The van der Waals surface area contributed by atoms with E-state index in [9.17, 15) is 23.2 Å². The van der Waals surface area contributed by atoms with Gasteiger partial charge < -0.3 is 25.7 Å². The van der Waals surface area contributed by atoms with Crippen molar-refractivity contribution in [3.63, 3.8) is 0 Å². The van der Waals surface area contributed by atoms with Gasteiger partial charge in [0.05, 0.1) is 23.1 Å². The van der Waals surface area contributed by atoms with Crippen molar-refractivity contribution in [1.82, 2.24) is 20.6 Å². The van der Waals surface area contributed by atoms with Crippen LogP contribution in [0.25, 0.3) is 0 Å². The van der Waals surface area contributed by atoms with Crippen LogP contribution in [0.3, 0.4) is 0 Å². The summed E-state index contributed by atoms with van der Waals surface area (Å²) >= 11 is 5.85. The smallest absolute Gasteiger partial charge is 0.272 e. The zero-order valence-corrected chi connectivity index (χ0v) is 19.6. The van der Waals surface area contributed by atoms with Crippen LogP contribution in [0.5, 0.6) is 0 Å². The zero-order chi connectivity index (χ0) is 24.9. The Bertz CT molecular complexity index is 1070. The van der Waals surface area contributed by atoms with Crippen molar-refractivity contribution in [1.29, 1.82) is 0 Å². The van der Waals surface area contributed by atoms with E-state index in [2.05, 4.69) is 25.9 Å². The first kappa shape index (κ1) is 25.1. The van der Waals surface area contributed by atoms with Crippen molar-refractivity contribution >= 4 is 35.0 Å². The first-order valence-electron chi connectivity index (χ1n) is 11.5. The van der Waals surface area contributed by atoms with E-state index >= 15 is 0 Å². The minimum absolute atomic E-state index is 0.00358. The molecule has 4 rings (SSSR count). The van der Waals surface area contributed by atoms with Gasteiger partial charge in [0, 0.05) is 31.2 Å². The molecule has 3 amide bonds. The molecule has 1 aromatic carbocycles. The molecule has 2 aliphatic rings. The van der Waals surface area contributed by atoms with Crippen LogP contribution in [0, 0.1) is 17.6 Å². The number of halogens is 3. The van der Waals surface area contributed by atoms with E-state index in [0.29, 0.717) is 44.9 Å². The molecule has 2 heterocycles. The molecular weight excluding hydrogens is 484 g/mol. The molecule has 12 heteroatoms. The zero-order valence-electron chi connectivity index (χ0n) is 18.8. The molecule has 1 aliphatic heterocycles. The highest BCUT2D eigenvalue weighted by molar-refractivity contribution is 6.33. The second kappa shape index (κ2) is 11.1. The summed E-state index contributed by atoms with van der Waals surface area (Å²) in [7, 11) is 0. The Morgan fingerprint density at radius 3 is 2.57 bits per heavy atom. The molecule has 1 aromatic heterocycles. The summed E-state index contributed by atoms with van der Waals surface area (Å²) in [5, 5.41) is 7.85. The lowest BCUT2D eigenvalue weighted by molar-refractivity contribution is -0.120. The number of aromatic amines is 1. The minimum atomic E-state index is -0.945. The molecule has 2 aromatic rings. The number of amides is 3. The minimum Gasteiger partial charge on any atom is -0.376 e. The van der Waals surface area contributed by atoms with Crippen LogP contribution in [0.2, 0.25) is 5.02 Å². The molecule has 2 fully saturated rings. The van der Waals surface area contributed by atoms with Gasteiger partial charge in [-0.1, -0.05) is 11.6 Å². The number of anilines is 1. The molecule has 1 atom stereocenters. The number of H-pyrrole nitrogens is 1. The van der Waals surface area contributed by atoms with E-state index < -0.39 is 35.3 Å².